The molecule has 1 aliphatic heterocycles. The van der Waals surface area contributed by atoms with E-state index in [4.69, 9.17) is 5.10 Å². The second-order valence-electron chi connectivity index (χ2n) is 9.45. The van der Waals surface area contributed by atoms with E-state index < -0.39 is 5.54 Å². The summed E-state index contributed by atoms with van der Waals surface area (Å²) in [7, 11) is 0. The second kappa shape index (κ2) is 8.78. The van der Waals surface area contributed by atoms with E-state index in [0.29, 0.717) is 18.8 Å². The number of aryl methyl sites for hydroxylation is 1. The molecular weight excluding hydrogens is 432 g/mol. The van der Waals surface area contributed by atoms with Crippen LogP contribution in [0.5, 0.6) is 0 Å². The average molecular weight is 463 g/mol. The summed E-state index contributed by atoms with van der Waals surface area (Å²) in [5.74, 6) is -0.240. The first-order valence-corrected chi connectivity index (χ1v) is 12.6. The predicted octanol–water partition coefficient (Wildman–Crippen LogP) is 4.78. The van der Waals surface area contributed by atoms with E-state index in [1.165, 1.54) is 6.42 Å². The highest BCUT2D eigenvalue weighted by Crippen LogP contribution is 2.33. The van der Waals surface area contributed by atoms with Crippen molar-refractivity contribution in [2.45, 2.75) is 70.6 Å². The van der Waals surface area contributed by atoms with Gasteiger partial charge >= 0.3 is 0 Å². The summed E-state index contributed by atoms with van der Waals surface area (Å²) in [5.41, 5.74) is 2.45. The van der Waals surface area contributed by atoms with Crippen molar-refractivity contribution >= 4 is 23.2 Å². The van der Waals surface area contributed by atoms with Crippen molar-refractivity contribution in [3.8, 4) is 10.6 Å². The molecule has 1 aromatic carbocycles. The Labute approximate surface area is 198 Å². The molecular formula is C26H30N4O2S. The Kier molecular flexibility index (Phi) is 5.83. The molecule has 3 aromatic rings. The van der Waals surface area contributed by atoms with Gasteiger partial charge in [-0.25, -0.2) is 0 Å². The molecule has 1 fully saturated rings. The van der Waals surface area contributed by atoms with Crippen LogP contribution in [0, 0.1) is 6.92 Å². The highest BCUT2D eigenvalue weighted by Gasteiger charge is 2.48. The van der Waals surface area contributed by atoms with Crippen LogP contribution in [-0.4, -0.2) is 38.1 Å². The van der Waals surface area contributed by atoms with E-state index in [9.17, 15) is 9.59 Å². The molecule has 0 saturated heterocycles. The smallest absolute Gasteiger partial charge is 0.273 e. The van der Waals surface area contributed by atoms with E-state index in [-0.39, 0.29) is 17.9 Å². The Balaban J connectivity index is 1.52. The molecule has 0 spiro atoms. The number of aromatic nitrogens is 2. The van der Waals surface area contributed by atoms with Crippen LogP contribution < -0.4 is 5.32 Å². The Morgan fingerprint density at radius 3 is 2.70 bits per heavy atom. The molecule has 7 heteroatoms. The van der Waals surface area contributed by atoms with Crippen LogP contribution in [0.15, 0.2) is 47.8 Å². The number of amides is 2. The van der Waals surface area contributed by atoms with Gasteiger partial charge in [-0.1, -0.05) is 49.6 Å². The van der Waals surface area contributed by atoms with Gasteiger partial charge in [-0.3, -0.25) is 14.3 Å². The van der Waals surface area contributed by atoms with Crippen LogP contribution >= 0.6 is 11.3 Å². The van der Waals surface area contributed by atoms with Crippen LogP contribution in [0.4, 0.5) is 0 Å². The first kappa shape index (κ1) is 21.9. The maximum atomic E-state index is 13.8. The first-order chi connectivity index (χ1) is 16.0. The number of hydrogen-bond acceptors (Lipinski definition) is 4. The molecule has 2 aromatic heterocycles. The quantitative estimate of drug-likeness (QED) is 0.593. The van der Waals surface area contributed by atoms with E-state index in [1.807, 2.05) is 61.7 Å². The zero-order valence-electron chi connectivity index (χ0n) is 19.2. The number of nitrogens with zero attached hydrogens (tertiary/aromatic N) is 3. The third kappa shape index (κ3) is 4.10. The van der Waals surface area contributed by atoms with Crippen LogP contribution in [0.25, 0.3) is 10.6 Å². The van der Waals surface area contributed by atoms with Crippen molar-refractivity contribution in [3.05, 3.63) is 64.7 Å². The lowest BCUT2D eigenvalue weighted by molar-refractivity contribution is -0.134. The number of carbonyl (C=O) groups is 2. The molecule has 2 amide bonds. The molecule has 172 valence electrons. The molecule has 0 bridgehead atoms. The molecule has 0 unspecified atom stereocenters. The molecule has 1 N–H and O–H groups in total. The monoisotopic (exact) mass is 462 g/mol. The number of nitrogens with one attached hydrogen (secondary N) is 1. The Bertz CT molecular complexity index is 1160. The highest BCUT2D eigenvalue weighted by atomic mass is 32.1. The van der Waals surface area contributed by atoms with Gasteiger partial charge in [0.1, 0.15) is 16.9 Å². The van der Waals surface area contributed by atoms with Crippen LogP contribution in [-0.2, 0) is 17.9 Å². The minimum atomic E-state index is -1.03. The van der Waals surface area contributed by atoms with Gasteiger partial charge < -0.3 is 10.2 Å². The summed E-state index contributed by atoms with van der Waals surface area (Å²) in [6.07, 6.45) is 5.51. The summed E-state index contributed by atoms with van der Waals surface area (Å²) >= 11 is 1.60. The van der Waals surface area contributed by atoms with Crippen molar-refractivity contribution in [1.82, 2.24) is 20.0 Å². The summed E-state index contributed by atoms with van der Waals surface area (Å²) in [4.78, 5) is 30.3. The largest absolute Gasteiger partial charge is 0.351 e. The van der Waals surface area contributed by atoms with Crippen LogP contribution in [0.3, 0.4) is 0 Å². The van der Waals surface area contributed by atoms with Gasteiger partial charge in [-0.15, -0.1) is 11.3 Å². The lowest BCUT2D eigenvalue weighted by Crippen LogP contribution is -2.64. The number of fused-ring (bicyclic) bond motifs is 1. The zero-order valence-corrected chi connectivity index (χ0v) is 20.0. The topological polar surface area (TPSA) is 67.2 Å². The number of carbonyl (C=O) groups excluding carboxylic acids is 2. The Morgan fingerprint density at radius 2 is 1.97 bits per heavy atom. The molecule has 1 saturated carbocycles. The summed E-state index contributed by atoms with van der Waals surface area (Å²) in [6, 6.07) is 14.1. The normalized spacial score (nSPS) is 21.2. The second-order valence-corrected chi connectivity index (χ2v) is 10.4. The van der Waals surface area contributed by atoms with Crippen molar-refractivity contribution in [1.29, 1.82) is 0 Å². The number of hydrogen-bond donors (Lipinski definition) is 1. The molecule has 33 heavy (non-hydrogen) atoms. The first-order valence-electron chi connectivity index (χ1n) is 11.7. The van der Waals surface area contributed by atoms with Crippen LogP contribution in [0.1, 0.15) is 60.6 Å². The Hall–Kier alpha value is -2.93. The van der Waals surface area contributed by atoms with Gasteiger partial charge in [0.05, 0.1) is 11.4 Å². The third-order valence-electron chi connectivity index (χ3n) is 7.09. The maximum Gasteiger partial charge on any atom is 0.273 e. The molecule has 6 nitrogen and oxygen atoms in total. The molecule has 5 rings (SSSR count). The molecule has 1 atom stereocenters. The van der Waals surface area contributed by atoms with Crippen LogP contribution in [0.2, 0.25) is 0 Å². The van der Waals surface area contributed by atoms with Crippen molar-refractivity contribution in [3.63, 3.8) is 0 Å². The lowest BCUT2D eigenvalue weighted by Gasteiger charge is -2.44. The standard InChI is InChI=1S/C26H30N4O2S/c1-18-9-6-7-10-19(18)16-29-24(31)22-15-21(23-13-8-14-33-23)28-30(22)17-26(29,2)25(32)27-20-11-4-3-5-12-20/h6-10,13-15,20H,3-5,11-12,16-17H2,1-2H3,(H,27,32)/t26-/m1/s1. The maximum absolute atomic E-state index is 13.8. The van der Waals surface area contributed by atoms with Crippen molar-refractivity contribution in [2.75, 3.05) is 0 Å². The van der Waals surface area contributed by atoms with Gasteiger partial charge in [-0.2, -0.15) is 5.10 Å². The van der Waals surface area contributed by atoms with Gasteiger partial charge in [-0.05, 0) is 55.3 Å². The average Bonchev–Trinajstić information content (AvgIpc) is 3.48. The van der Waals surface area contributed by atoms with Crippen molar-refractivity contribution in [2.24, 2.45) is 0 Å². The van der Waals surface area contributed by atoms with Gasteiger partial charge in [0.15, 0.2) is 0 Å². The minimum absolute atomic E-state index is 0.0878. The third-order valence-corrected chi connectivity index (χ3v) is 7.98. The summed E-state index contributed by atoms with van der Waals surface area (Å²) < 4.78 is 1.73. The summed E-state index contributed by atoms with van der Waals surface area (Å²) in [6.45, 7) is 4.66. The molecule has 0 radical (unpaired) electrons. The number of benzene rings is 1. The highest BCUT2D eigenvalue weighted by molar-refractivity contribution is 7.13. The molecule has 2 aliphatic rings. The number of thiophene rings is 1. The summed E-state index contributed by atoms with van der Waals surface area (Å²) in [5, 5.41) is 10.0. The van der Waals surface area contributed by atoms with E-state index in [1.54, 1.807) is 20.9 Å². The van der Waals surface area contributed by atoms with Gasteiger partial charge in [0, 0.05) is 12.6 Å². The molecule has 3 heterocycles. The Morgan fingerprint density at radius 1 is 1.18 bits per heavy atom. The van der Waals surface area contributed by atoms with E-state index in [0.717, 1.165) is 47.4 Å². The predicted molar refractivity (Wildman–Crippen MR) is 130 cm³/mol. The van der Waals surface area contributed by atoms with Gasteiger partial charge in [0.2, 0.25) is 5.91 Å². The molecule has 1 aliphatic carbocycles. The van der Waals surface area contributed by atoms with E-state index >= 15 is 0 Å². The van der Waals surface area contributed by atoms with Crippen molar-refractivity contribution < 1.29 is 9.59 Å². The van der Waals surface area contributed by atoms with E-state index in [2.05, 4.69) is 5.32 Å². The fraction of sp³-hybridized carbons (Fsp3) is 0.423. The fourth-order valence-corrected chi connectivity index (χ4v) is 5.66. The lowest BCUT2D eigenvalue weighted by atomic mass is 9.91. The minimum Gasteiger partial charge on any atom is -0.351 e. The fourth-order valence-electron chi connectivity index (χ4n) is 4.98. The van der Waals surface area contributed by atoms with Gasteiger partial charge in [0.25, 0.3) is 5.91 Å². The zero-order chi connectivity index (χ0) is 23.0. The number of rotatable bonds is 5. The SMILES string of the molecule is Cc1ccccc1CN1C(=O)c2cc(-c3cccs3)nn2C[C@]1(C)C(=O)NC1CCCCC1.